The number of likely N-dealkylation sites (N-methyl/N-ethyl adjacent to an activating group) is 1. The Morgan fingerprint density at radius 1 is 1.15 bits per heavy atom. The largest absolute Gasteiger partial charge is 0.378 e. The van der Waals surface area contributed by atoms with Crippen molar-refractivity contribution in [2.75, 3.05) is 63.7 Å². The Kier molecular flexibility index (Phi) is 6.99. The van der Waals surface area contributed by atoms with E-state index in [1.807, 2.05) is 43.3 Å². The number of para-hydroxylation sites is 2. The van der Waals surface area contributed by atoms with Gasteiger partial charge in [-0.2, -0.15) is 0 Å². The maximum atomic E-state index is 12.8. The summed E-state index contributed by atoms with van der Waals surface area (Å²) in [6.07, 6.45) is 0. The first-order valence-electron chi connectivity index (χ1n) is 8.98. The van der Waals surface area contributed by atoms with Crippen LogP contribution < -0.4 is 15.5 Å². The van der Waals surface area contributed by atoms with E-state index < -0.39 is 5.41 Å². The lowest BCUT2D eigenvalue weighted by Gasteiger charge is -2.31. The van der Waals surface area contributed by atoms with Gasteiger partial charge < -0.3 is 25.2 Å². The number of benzene rings is 1. The molecule has 2 rings (SSSR count). The average molecular weight is 362 g/mol. The van der Waals surface area contributed by atoms with E-state index in [0.29, 0.717) is 25.4 Å². The van der Waals surface area contributed by atoms with Crippen molar-refractivity contribution in [2.24, 2.45) is 5.41 Å². The predicted octanol–water partition coefficient (Wildman–Crippen LogP) is 1.17. The SMILES string of the molecule is CN(C)CCNC(=O)C(C)(C)C(=O)Nc1ccccc1N1CCOCC1. The number of nitrogens with zero attached hydrogens (tertiary/aromatic N) is 2. The first-order valence-corrected chi connectivity index (χ1v) is 8.98. The molecule has 0 atom stereocenters. The molecule has 1 heterocycles. The van der Waals surface area contributed by atoms with E-state index >= 15 is 0 Å². The van der Waals surface area contributed by atoms with Gasteiger partial charge in [0.2, 0.25) is 11.8 Å². The molecule has 0 saturated carbocycles. The molecular weight excluding hydrogens is 332 g/mol. The molecule has 1 aromatic rings. The molecule has 0 spiro atoms. The molecule has 0 aromatic heterocycles. The highest BCUT2D eigenvalue weighted by Gasteiger charge is 2.36. The van der Waals surface area contributed by atoms with Gasteiger partial charge >= 0.3 is 0 Å². The molecule has 2 N–H and O–H groups in total. The maximum absolute atomic E-state index is 12.8. The molecular formula is C19H30N4O3. The van der Waals surface area contributed by atoms with Crippen molar-refractivity contribution < 1.29 is 14.3 Å². The number of morpholine rings is 1. The highest BCUT2D eigenvalue weighted by molar-refractivity contribution is 6.10. The Hall–Kier alpha value is -2.12. The summed E-state index contributed by atoms with van der Waals surface area (Å²) in [6, 6.07) is 7.66. The molecule has 2 amide bonds. The van der Waals surface area contributed by atoms with Gasteiger partial charge in [0.05, 0.1) is 24.6 Å². The van der Waals surface area contributed by atoms with Crippen LogP contribution in [-0.2, 0) is 14.3 Å². The van der Waals surface area contributed by atoms with Crippen molar-refractivity contribution >= 4 is 23.2 Å². The summed E-state index contributed by atoms with van der Waals surface area (Å²) in [4.78, 5) is 29.4. The average Bonchev–Trinajstić information content (AvgIpc) is 2.62. The van der Waals surface area contributed by atoms with E-state index in [1.165, 1.54) is 0 Å². The molecule has 0 bridgehead atoms. The van der Waals surface area contributed by atoms with E-state index in [2.05, 4.69) is 15.5 Å². The molecule has 7 nitrogen and oxygen atoms in total. The molecule has 0 radical (unpaired) electrons. The number of hydrogen-bond acceptors (Lipinski definition) is 5. The number of ether oxygens (including phenoxy) is 1. The third kappa shape index (κ3) is 5.19. The van der Waals surface area contributed by atoms with Gasteiger partial charge in [-0.1, -0.05) is 12.1 Å². The third-order valence-corrected chi connectivity index (χ3v) is 4.48. The molecule has 1 aliphatic heterocycles. The Morgan fingerprint density at radius 2 is 1.81 bits per heavy atom. The summed E-state index contributed by atoms with van der Waals surface area (Å²) < 4.78 is 5.40. The Bertz CT molecular complexity index is 625. The molecule has 1 saturated heterocycles. The highest BCUT2D eigenvalue weighted by atomic mass is 16.5. The summed E-state index contributed by atoms with van der Waals surface area (Å²) >= 11 is 0. The number of carbonyl (C=O) groups is 2. The van der Waals surface area contributed by atoms with Crippen LogP contribution in [0.5, 0.6) is 0 Å². The van der Waals surface area contributed by atoms with Crippen LogP contribution in [0.2, 0.25) is 0 Å². The van der Waals surface area contributed by atoms with Gasteiger partial charge in [0.1, 0.15) is 5.41 Å². The number of nitrogens with one attached hydrogen (secondary N) is 2. The maximum Gasteiger partial charge on any atom is 0.239 e. The van der Waals surface area contributed by atoms with E-state index in [0.717, 1.165) is 25.3 Å². The molecule has 0 unspecified atom stereocenters. The second kappa shape index (κ2) is 9.00. The quantitative estimate of drug-likeness (QED) is 0.712. The predicted molar refractivity (Wildman–Crippen MR) is 103 cm³/mol. The molecule has 144 valence electrons. The van der Waals surface area contributed by atoms with Gasteiger partial charge in [-0.05, 0) is 40.1 Å². The monoisotopic (exact) mass is 362 g/mol. The molecule has 7 heteroatoms. The third-order valence-electron chi connectivity index (χ3n) is 4.48. The Balaban J connectivity index is 2.05. The normalized spacial score (nSPS) is 15.0. The molecule has 1 fully saturated rings. The fraction of sp³-hybridized carbons (Fsp3) is 0.579. The lowest BCUT2D eigenvalue weighted by molar-refractivity contribution is -0.138. The zero-order valence-electron chi connectivity index (χ0n) is 16.2. The Labute approximate surface area is 155 Å². The topological polar surface area (TPSA) is 73.9 Å². The summed E-state index contributed by atoms with van der Waals surface area (Å²) in [7, 11) is 3.87. The van der Waals surface area contributed by atoms with Crippen molar-refractivity contribution in [1.29, 1.82) is 0 Å². The molecule has 26 heavy (non-hydrogen) atoms. The summed E-state index contributed by atoms with van der Waals surface area (Å²) in [6.45, 7) is 7.41. The van der Waals surface area contributed by atoms with Crippen molar-refractivity contribution in [2.45, 2.75) is 13.8 Å². The van der Waals surface area contributed by atoms with Crippen LogP contribution in [0.15, 0.2) is 24.3 Å². The van der Waals surface area contributed by atoms with E-state index in [9.17, 15) is 9.59 Å². The fourth-order valence-electron chi connectivity index (χ4n) is 2.66. The number of anilines is 2. The number of hydrogen-bond donors (Lipinski definition) is 2. The van der Waals surface area contributed by atoms with E-state index in [-0.39, 0.29) is 11.8 Å². The Morgan fingerprint density at radius 3 is 2.46 bits per heavy atom. The summed E-state index contributed by atoms with van der Waals surface area (Å²) in [5, 5.41) is 5.77. The molecule has 1 aliphatic rings. The van der Waals surface area contributed by atoms with Gasteiger partial charge in [0, 0.05) is 26.2 Å². The minimum absolute atomic E-state index is 0.277. The van der Waals surface area contributed by atoms with Crippen LogP contribution in [0.4, 0.5) is 11.4 Å². The van der Waals surface area contributed by atoms with Crippen LogP contribution in [0.25, 0.3) is 0 Å². The second-order valence-electron chi connectivity index (χ2n) is 7.25. The first kappa shape index (κ1) is 20.2. The zero-order chi connectivity index (χ0) is 19.2. The molecule has 0 aliphatic carbocycles. The summed E-state index contributed by atoms with van der Waals surface area (Å²) in [5.74, 6) is -0.596. The van der Waals surface area contributed by atoms with Gasteiger partial charge in [0.25, 0.3) is 0 Å². The van der Waals surface area contributed by atoms with E-state index in [4.69, 9.17) is 4.74 Å². The van der Waals surface area contributed by atoms with Crippen LogP contribution in [0.1, 0.15) is 13.8 Å². The van der Waals surface area contributed by atoms with Crippen LogP contribution in [-0.4, -0.2) is 70.2 Å². The van der Waals surface area contributed by atoms with Crippen molar-refractivity contribution in [3.63, 3.8) is 0 Å². The van der Waals surface area contributed by atoms with Crippen LogP contribution >= 0.6 is 0 Å². The second-order valence-corrected chi connectivity index (χ2v) is 7.25. The standard InChI is InChI=1S/C19H30N4O3/c1-19(2,17(24)20-9-10-22(3)4)18(25)21-15-7-5-6-8-16(15)23-11-13-26-14-12-23/h5-8H,9-14H2,1-4H3,(H,20,24)(H,21,25). The van der Waals surface area contributed by atoms with Crippen molar-refractivity contribution in [3.05, 3.63) is 24.3 Å². The van der Waals surface area contributed by atoms with Crippen molar-refractivity contribution in [1.82, 2.24) is 10.2 Å². The number of amides is 2. The lowest BCUT2D eigenvalue weighted by Crippen LogP contribution is -2.46. The number of carbonyl (C=O) groups excluding carboxylic acids is 2. The minimum Gasteiger partial charge on any atom is -0.378 e. The summed E-state index contributed by atoms with van der Waals surface area (Å²) in [5.41, 5.74) is 0.506. The zero-order valence-corrected chi connectivity index (χ0v) is 16.2. The highest BCUT2D eigenvalue weighted by Crippen LogP contribution is 2.28. The van der Waals surface area contributed by atoms with Gasteiger partial charge in [-0.15, -0.1) is 0 Å². The van der Waals surface area contributed by atoms with Crippen LogP contribution in [0, 0.1) is 5.41 Å². The fourth-order valence-corrected chi connectivity index (χ4v) is 2.66. The van der Waals surface area contributed by atoms with E-state index in [1.54, 1.807) is 13.8 Å². The van der Waals surface area contributed by atoms with Crippen LogP contribution in [0.3, 0.4) is 0 Å². The minimum atomic E-state index is -1.16. The van der Waals surface area contributed by atoms with Gasteiger partial charge in [-0.3, -0.25) is 9.59 Å². The lowest BCUT2D eigenvalue weighted by atomic mass is 9.91. The van der Waals surface area contributed by atoms with Gasteiger partial charge in [-0.25, -0.2) is 0 Å². The smallest absolute Gasteiger partial charge is 0.239 e. The number of rotatable bonds is 7. The first-order chi connectivity index (χ1) is 12.3. The molecule has 1 aromatic carbocycles. The van der Waals surface area contributed by atoms with Crippen molar-refractivity contribution in [3.8, 4) is 0 Å². The van der Waals surface area contributed by atoms with Gasteiger partial charge in [0.15, 0.2) is 0 Å².